The lowest BCUT2D eigenvalue weighted by molar-refractivity contribution is -0.134. The van der Waals surface area contributed by atoms with Gasteiger partial charge >= 0.3 is 0 Å². The molecule has 1 aliphatic rings. The van der Waals surface area contributed by atoms with Crippen LogP contribution in [0.25, 0.3) is 0 Å². The van der Waals surface area contributed by atoms with Crippen molar-refractivity contribution in [3.8, 4) is 0 Å². The third-order valence-electron chi connectivity index (χ3n) is 2.98. The number of hydrogen-bond donors (Lipinski definition) is 2. The summed E-state index contributed by atoms with van der Waals surface area (Å²) >= 11 is 0. The molecule has 5 nitrogen and oxygen atoms in total. The van der Waals surface area contributed by atoms with Gasteiger partial charge in [0.15, 0.2) is 0 Å². The van der Waals surface area contributed by atoms with Crippen molar-refractivity contribution in [3.63, 3.8) is 0 Å². The third-order valence-corrected chi connectivity index (χ3v) is 2.98. The molecule has 0 bridgehead atoms. The Bertz CT molecular complexity index is 211. The fraction of sp³-hybridized carbons (Fsp3) is 0.909. The van der Waals surface area contributed by atoms with Crippen LogP contribution in [0.15, 0.2) is 0 Å². The molecule has 0 aliphatic heterocycles. The molecular weight excluding hydrogens is 210 g/mol. The van der Waals surface area contributed by atoms with Gasteiger partial charge < -0.3 is 19.9 Å². The van der Waals surface area contributed by atoms with Gasteiger partial charge in [0.1, 0.15) is 0 Å². The summed E-state index contributed by atoms with van der Waals surface area (Å²) in [6, 6.07) is 0. The summed E-state index contributed by atoms with van der Waals surface area (Å²) in [5, 5.41) is 11.2. The van der Waals surface area contributed by atoms with E-state index >= 15 is 0 Å². The van der Waals surface area contributed by atoms with Crippen LogP contribution >= 0.6 is 0 Å². The molecule has 0 aromatic heterocycles. The number of amides is 1. The molecule has 1 saturated carbocycles. The predicted molar refractivity (Wildman–Crippen MR) is 59.1 cm³/mol. The first-order valence-corrected chi connectivity index (χ1v) is 5.73. The summed E-state index contributed by atoms with van der Waals surface area (Å²) < 4.78 is 10.4. The lowest BCUT2D eigenvalue weighted by atomic mass is 9.77. The van der Waals surface area contributed by atoms with Gasteiger partial charge in [-0.3, -0.25) is 4.79 Å². The van der Waals surface area contributed by atoms with Crippen molar-refractivity contribution in [2.75, 3.05) is 33.5 Å². The second-order valence-electron chi connectivity index (χ2n) is 4.10. The van der Waals surface area contributed by atoms with E-state index in [-0.39, 0.29) is 18.1 Å². The molecule has 0 aromatic rings. The van der Waals surface area contributed by atoms with Gasteiger partial charge in [-0.25, -0.2) is 0 Å². The molecule has 0 radical (unpaired) electrons. The van der Waals surface area contributed by atoms with Crippen LogP contribution < -0.4 is 5.32 Å². The largest absolute Gasteiger partial charge is 0.394 e. The minimum absolute atomic E-state index is 0.00847. The van der Waals surface area contributed by atoms with Crippen LogP contribution in [-0.4, -0.2) is 50.1 Å². The quantitative estimate of drug-likeness (QED) is 0.580. The molecule has 5 heteroatoms. The summed E-state index contributed by atoms with van der Waals surface area (Å²) in [5.41, 5.74) is -0.212. The minimum atomic E-state index is -0.212. The normalized spacial score (nSPS) is 17.9. The van der Waals surface area contributed by atoms with Crippen molar-refractivity contribution in [2.24, 2.45) is 0 Å². The van der Waals surface area contributed by atoms with Gasteiger partial charge in [-0.15, -0.1) is 0 Å². The topological polar surface area (TPSA) is 67.8 Å². The van der Waals surface area contributed by atoms with Gasteiger partial charge in [-0.05, 0) is 19.3 Å². The van der Waals surface area contributed by atoms with E-state index in [1.54, 1.807) is 7.11 Å². The number of ether oxygens (including phenoxy) is 2. The molecule has 1 aliphatic carbocycles. The van der Waals surface area contributed by atoms with E-state index in [0.717, 1.165) is 19.3 Å². The minimum Gasteiger partial charge on any atom is -0.394 e. The van der Waals surface area contributed by atoms with Crippen molar-refractivity contribution < 1.29 is 19.4 Å². The number of rotatable bonds is 8. The molecule has 0 unspecified atom stereocenters. The van der Waals surface area contributed by atoms with E-state index in [1.165, 1.54) is 0 Å². The maximum atomic E-state index is 11.5. The molecule has 0 spiro atoms. The van der Waals surface area contributed by atoms with Crippen LogP contribution in [0.2, 0.25) is 0 Å². The van der Waals surface area contributed by atoms with E-state index < -0.39 is 0 Å². The molecule has 2 N–H and O–H groups in total. The number of hydrogen-bond acceptors (Lipinski definition) is 4. The molecule has 0 atom stereocenters. The van der Waals surface area contributed by atoms with E-state index in [1.807, 2.05) is 0 Å². The highest BCUT2D eigenvalue weighted by atomic mass is 16.5. The summed E-state index contributed by atoms with van der Waals surface area (Å²) in [4.78, 5) is 11.5. The van der Waals surface area contributed by atoms with Gasteiger partial charge in [0, 0.05) is 13.7 Å². The third kappa shape index (κ3) is 4.08. The fourth-order valence-electron chi connectivity index (χ4n) is 1.81. The molecule has 94 valence electrons. The first-order valence-electron chi connectivity index (χ1n) is 5.73. The average Bonchev–Trinajstić information content (AvgIpc) is 2.23. The monoisotopic (exact) mass is 231 g/mol. The van der Waals surface area contributed by atoms with Crippen LogP contribution in [0.1, 0.15) is 25.7 Å². The van der Waals surface area contributed by atoms with E-state index in [0.29, 0.717) is 26.2 Å². The van der Waals surface area contributed by atoms with E-state index in [4.69, 9.17) is 14.6 Å². The van der Waals surface area contributed by atoms with Gasteiger partial charge in [-0.2, -0.15) is 0 Å². The fourth-order valence-corrected chi connectivity index (χ4v) is 1.81. The number of nitrogens with one attached hydrogen (secondary N) is 1. The molecule has 16 heavy (non-hydrogen) atoms. The number of carbonyl (C=O) groups is 1. The predicted octanol–water partition coefficient (Wildman–Crippen LogP) is 0.0707. The lowest BCUT2D eigenvalue weighted by Crippen LogP contribution is -2.44. The van der Waals surface area contributed by atoms with Crippen LogP contribution in [0, 0.1) is 0 Å². The zero-order valence-electron chi connectivity index (χ0n) is 9.83. The summed E-state index contributed by atoms with van der Waals surface area (Å²) in [5.74, 6) is 0.00847. The van der Waals surface area contributed by atoms with Crippen molar-refractivity contribution in [1.29, 1.82) is 0 Å². The van der Waals surface area contributed by atoms with Crippen molar-refractivity contribution in [2.45, 2.75) is 31.3 Å². The average molecular weight is 231 g/mol. The molecule has 0 heterocycles. The number of methoxy groups -OCH3 is 1. The smallest absolute Gasteiger partial charge is 0.222 e. The number of carbonyl (C=O) groups excluding carboxylic acids is 1. The van der Waals surface area contributed by atoms with Crippen molar-refractivity contribution in [1.82, 2.24) is 5.32 Å². The van der Waals surface area contributed by atoms with Crippen LogP contribution in [-0.2, 0) is 14.3 Å². The van der Waals surface area contributed by atoms with E-state index in [2.05, 4.69) is 5.32 Å². The Labute approximate surface area is 96.1 Å². The van der Waals surface area contributed by atoms with Crippen molar-refractivity contribution in [3.05, 3.63) is 0 Å². The maximum absolute atomic E-state index is 11.5. The Kier molecular flexibility index (Phi) is 5.73. The van der Waals surface area contributed by atoms with Crippen LogP contribution in [0.5, 0.6) is 0 Å². The van der Waals surface area contributed by atoms with E-state index in [9.17, 15) is 4.79 Å². The first kappa shape index (κ1) is 13.4. The molecular formula is C11H21NO4. The Morgan fingerprint density at radius 2 is 2.19 bits per heavy atom. The zero-order chi connectivity index (χ0) is 11.9. The van der Waals surface area contributed by atoms with Gasteiger partial charge in [-0.1, -0.05) is 0 Å². The highest BCUT2D eigenvalue weighted by Crippen LogP contribution is 2.37. The van der Waals surface area contributed by atoms with Crippen molar-refractivity contribution >= 4 is 5.91 Å². The van der Waals surface area contributed by atoms with Gasteiger partial charge in [0.2, 0.25) is 5.91 Å². The highest BCUT2D eigenvalue weighted by Gasteiger charge is 2.38. The zero-order valence-corrected chi connectivity index (χ0v) is 9.83. The highest BCUT2D eigenvalue weighted by molar-refractivity contribution is 5.77. The maximum Gasteiger partial charge on any atom is 0.222 e. The Balaban J connectivity index is 2.06. The van der Waals surface area contributed by atoms with Gasteiger partial charge in [0.05, 0.1) is 31.8 Å². The standard InChI is InChI=1S/C11H21NO4/c1-15-11(3-2-4-11)9-10(14)12-5-7-16-8-6-13/h13H,2-9H2,1H3,(H,12,14). The second kappa shape index (κ2) is 6.83. The Morgan fingerprint density at radius 1 is 1.44 bits per heavy atom. The number of aliphatic hydroxyl groups is 1. The molecule has 1 rings (SSSR count). The van der Waals surface area contributed by atoms with Gasteiger partial charge in [0.25, 0.3) is 0 Å². The molecule has 1 amide bonds. The summed E-state index contributed by atoms with van der Waals surface area (Å²) in [6.07, 6.45) is 3.51. The van der Waals surface area contributed by atoms with Crippen LogP contribution in [0.4, 0.5) is 0 Å². The summed E-state index contributed by atoms with van der Waals surface area (Å²) in [6.45, 7) is 1.25. The second-order valence-corrected chi connectivity index (χ2v) is 4.10. The summed E-state index contributed by atoms with van der Waals surface area (Å²) in [7, 11) is 1.66. The Morgan fingerprint density at radius 3 is 2.69 bits per heavy atom. The molecule has 0 saturated heterocycles. The molecule has 1 fully saturated rings. The first-order chi connectivity index (χ1) is 7.72. The molecule has 0 aromatic carbocycles. The Hall–Kier alpha value is -0.650. The van der Waals surface area contributed by atoms with Crippen LogP contribution in [0.3, 0.4) is 0 Å². The SMILES string of the molecule is COC1(CC(=O)NCCOCCO)CCC1. The number of aliphatic hydroxyl groups excluding tert-OH is 1. The lowest BCUT2D eigenvalue weighted by Gasteiger charge is -2.39.